The summed E-state index contributed by atoms with van der Waals surface area (Å²) in [6, 6.07) is 4.17. The van der Waals surface area contributed by atoms with Crippen LogP contribution in [0.1, 0.15) is 54.0 Å². The molecule has 19 nitrogen and oxygen atoms in total. The molecule has 0 saturated carbocycles. The number of rotatable bonds is 13. The highest BCUT2D eigenvalue weighted by Gasteiger charge is 2.61. The number of aliphatic hydroxyl groups is 1. The number of amides is 1. The van der Waals surface area contributed by atoms with Crippen LogP contribution in [0.5, 0.6) is 5.75 Å². The highest BCUT2D eigenvalue weighted by atomic mass is 16.8. The molecule has 19 heteroatoms. The predicted molar refractivity (Wildman–Crippen MR) is 168 cm³/mol. The number of esters is 6. The van der Waals surface area contributed by atoms with Crippen LogP contribution in [0.2, 0.25) is 0 Å². The van der Waals surface area contributed by atoms with Crippen LogP contribution in [0.25, 0.3) is 0 Å². The minimum Gasteiger partial charge on any atom is -0.497 e. The third-order valence-corrected chi connectivity index (χ3v) is 7.63. The molecule has 1 aromatic carbocycles. The van der Waals surface area contributed by atoms with Crippen molar-refractivity contribution in [3.05, 3.63) is 29.8 Å². The molecule has 10 atom stereocenters. The van der Waals surface area contributed by atoms with Gasteiger partial charge in [0.25, 0.3) is 0 Å². The SMILES string of the molecule is COc1ccc([C@]2(O)O[C@H](COC(C)=O)[C@@H](O[C@@H]3O[C@H](COC(C)=O)[C@H](OC(C)=O)[C@H](OC(C)=O)[C@H]3OC(C)=O)[C@H](OC(C)=O)[C@@H]2NC(C)=O)cc1. The molecule has 3 rings (SSSR count). The second-order valence-electron chi connectivity index (χ2n) is 11.8. The Morgan fingerprint density at radius 3 is 1.62 bits per heavy atom. The first-order chi connectivity index (χ1) is 24.4. The average Bonchev–Trinajstić information content (AvgIpc) is 3.03. The van der Waals surface area contributed by atoms with Gasteiger partial charge in [-0.3, -0.25) is 33.6 Å². The standard InChI is InChI=1S/C33H43NO18/c1-15(35)34-31-29(48-20(6)40)27(25(14-45-17(3)37)52-33(31,42)22-9-11-23(43-8)12-10-22)51-32-30(49-21(7)41)28(47-19(5)39)26(46-18(4)38)24(50-32)13-44-16(2)36/h9-12,24-32,42H,13-14H2,1-8H3,(H,34,35)/t24-,25-,26+,27-,28+,29+,30-,31+,32+,33+/m1/s1. The van der Waals surface area contributed by atoms with Crippen molar-refractivity contribution in [3.63, 3.8) is 0 Å². The zero-order chi connectivity index (χ0) is 38.9. The van der Waals surface area contributed by atoms with Crippen molar-refractivity contribution >= 4 is 41.7 Å². The van der Waals surface area contributed by atoms with Gasteiger partial charge in [-0.1, -0.05) is 0 Å². The number of ether oxygens (including phenoxy) is 10. The number of hydrogen-bond acceptors (Lipinski definition) is 18. The van der Waals surface area contributed by atoms with Gasteiger partial charge in [-0.05, 0) is 24.3 Å². The summed E-state index contributed by atoms with van der Waals surface area (Å²) in [5, 5.41) is 14.8. The van der Waals surface area contributed by atoms with E-state index in [0.29, 0.717) is 5.75 Å². The lowest BCUT2D eigenvalue weighted by molar-refractivity contribution is -0.371. The van der Waals surface area contributed by atoms with Crippen molar-refractivity contribution in [3.8, 4) is 5.75 Å². The fraction of sp³-hybridized carbons (Fsp3) is 0.606. The maximum absolute atomic E-state index is 12.6. The van der Waals surface area contributed by atoms with E-state index in [9.17, 15) is 38.7 Å². The van der Waals surface area contributed by atoms with Gasteiger partial charge < -0.3 is 57.8 Å². The molecule has 2 fully saturated rings. The summed E-state index contributed by atoms with van der Waals surface area (Å²) in [6.45, 7) is 6.22. The first-order valence-corrected chi connectivity index (χ1v) is 15.9. The maximum Gasteiger partial charge on any atom is 0.303 e. The molecular weight excluding hydrogens is 698 g/mol. The van der Waals surface area contributed by atoms with E-state index in [-0.39, 0.29) is 5.56 Å². The van der Waals surface area contributed by atoms with Crippen molar-refractivity contribution in [1.82, 2.24) is 5.32 Å². The number of hydrogen-bond donors (Lipinski definition) is 2. The van der Waals surface area contributed by atoms with E-state index in [1.54, 1.807) is 0 Å². The number of methoxy groups -OCH3 is 1. The van der Waals surface area contributed by atoms with Crippen molar-refractivity contribution in [2.45, 2.75) is 109 Å². The van der Waals surface area contributed by atoms with E-state index in [1.807, 2.05) is 0 Å². The van der Waals surface area contributed by atoms with E-state index in [1.165, 1.54) is 31.4 Å². The molecule has 0 radical (unpaired) electrons. The summed E-state index contributed by atoms with van der Waals surface area (Å²) in [5.41, 5.74) is 0.0442. The summed E-state index contributed by atoms with van der Waals surface area (Å²) in [5.74, 6) is -7.97. The minimum atomic E-state index is -2.50. The molecule has 0 unspecified atom stereocenters. The Morgan fingerprint density at radius 1 is 0.654 bits per heavy atom. The summed E-state index contributed by atoms with van der Waals surface area (Å²) >= 11 is 0. The van der Waals surface area contributed by atoms with Crippen LogP contribution in [-0.4, -0.2) is 122 Å². The molecule has 0 spiro atoms. The van der Waals surface area contributed by atoms with Crippen LogP contribution >= 0.6 is 0 Å². The Kier molecular flexibility index (Phi) is 14.4. The summed E-state index contributed by atoms with van der Waals surface area (Å²) in [4.78, 5) is 86.0. The number of benzene rings is 1. The predicted octanol–water partition coefficient (Wildman–Crippen LogP) is -0.293. The van der Waals surface area contributed by atoms with Gasteiger partial charge in [-0.25, -0.2) is 0 Å². The third-order valence-electron chi connectivity index (χ3n) is 7.63. The van der Waals surface area contributed by atoms with Gasteiger partial charge >= 0.3 is 35.8 Å². The normalized spacial score (nSPS) is 29.8. The molecule has 52 heavy (non-hydrogen) atoms. The smallest absolute Gasteiger partial charge is 0.303 e. The molecule has 2 aliphatic heterocycles. The van der Waals surface area contributed by atoms with Gasteiger partial charge in [0.1, 0.15) is 43.3 Å². The Bertz CT molecular complexity index is 1480. The molecule has 0 aliphatic carbocycles. The average molecular weight is 742 g/mol. The van der Waals surface area contributed by atoms with E-state index in [4.69, 9.17) is 47.4 Å². The maximum atomic E-state index is 12.6. The number of carbonyl (C=O) groups excluding carboxylic acids is 7. The third kappa shape index (κ3) is 10.8. The highest BCUT2D eigenvalue weighted by Crippen LogP contribution is 2.41. The van der Waals surface area contributed by atoms with Crippen LogP contribution in [0, 0.1) is 0 Å². The lowest BCUT2D eigenvalue weighted by Gasteiger charge is -2.52. The fourth-order valence-corrected chi connectivity index (χ4v) is 5.74. The van der Waals surface area contributed by atoms with Gasteiger partial charge in [0.2, 0.25) is 11.7 Å². The molecule has 288 valence electrons. The molecule has 0 aromatic heterocycles. The Balaban J connectivity index is 2.24. The fourth-order valence-electron chi connectivity index (χ4n) is 5.74. The van der Waals surface area contributed by atoms with E-state index < -0.39 is 116 Å². The molecule has 1 amide bonds. The minimum absolute atomic E-state index is 0.0442. The highest BCUT2D eigenvalue weighted by molar-refractivity contribution is 5.74. The van der Waals surface area contributed by atoms with E-state index >= 15 is 0 Å². The van der Waals surface area contributed by atoms with Crippen molar-refractivity contribution in [2.75, 3.05) is 20.3 Å². The van der Waals surface area contributed by atoms with Crippen molar-refractivity contribution < 1.29 is 86.0 Å². The Hall–Kier alpha value is -4.85. The molecule has 2 aliphatic rings. The molecular formula is C33H43NO18. The lowest BCUT2D eigenvalue weighted by Crippen LogP contribution is -2.71. The summed E-state index contributed by atoms with van der Waals surface area (Å²) in [6.07, 6.45) is -13.0. The van der Waals surface area contributed by atoms with E-state index in [2.05, 4.69) is 5.32 Å². The van der Waals surface area contributed by atoms with Gasteiger partial charge in [0.15, 0.2) is 30.7 Å². The first kappa shape index (κ1) is 41.6. The van der Waals surface area contributed by atoms with Crippen molar-refractivity contribution in [2.24, 2.45) is 0 Å². The van der Waals surface area contributed by atoms with Crippen LogP contribution in [-0.2, 0) is 82.0 Å². The summed E-state index contributed by atoms with van der Waals surface area (Å²) in [7, 11) is 1.42. The van der Waals surface area contributed by atoms with Crippen molar-refractivity contribution in [1.29, 1.82) is 0 Å². The van der Waals surface area contributed by atoms with Crippen LogP contribution in [0.3, 0.4) is 0 Å². The lowest BCUT2D eigenvalue weighted by atomic mass is 9.85. The van der Waals surface area contributed by atoms with Crippen LogP contribution in [0.4, 0.5) is 0 Å². The van der Waals surface area contributed by atoms with E-state index in [0.717, 1.165) is 48.5 Å². The van der Waals surface area contributed by atoms with Gasteiger partial charge in [0.05, 0.1) is 7.11 Å². The molecule has 2 saturated heterocycles. The number of carbonyl (C=O) groups is 7. The zero-order valence-corrected chi connectivity index (χ0v) is 29.8. The Labute approximate surface area is 298 Å². The Morgan fingerprint density at radius 2 is 1.13 bits per heavy atom. The van der Waals surface area contributed by atoms with Gasteiger partial charge in [-0.2, -0.15) is 0 Å². The zero-order valence-electron chi connectivity index (χ0n) is 29.8. The topological polar surface area (TPSA) is 244 Å². The first-order valence-electron chi connectivity index (χ1n) is 15.9. The van der Waals surface area contributed by atoms with Crippen LogP contribution in [0.15, 0.2) is 24.3 Å². The molecule has 2 heterocycles. The molecule has 2 N–H and O–H groups in total. The second kappa shape index (κ2) is 18.1. The number of nitrogens with one attached hydrogen (secondary N) is 1. The summed E-state index contributed by atoms with van der Waals surface area (Å²) < 4.78 is 56.2. The molecule has 0 bridgehead atoms. The largest absolute Gasteiger partial charge is 0.497 e. The van der Waals surface area contributed by atoms with Gasteiger partial charge in [-0.15, -0.1) is 0 Å². The second-order valence-corrected chi connectivity index (χ2v) is 11.8. The van der Waals surface area contributed by atoms with Crippen LogP contribution < -0.4 is 10.1 Å². The monoisotopic (exact) mass is 741 g/mol. The molecule has 1 aromatic rings. The quantitative estimate of drug-likeness (QED) is 0.195. The van der Waals surface area contributed by atoms with Gasteiger partial charge in [0, 0.05) is 54.0 Å².